The lowest BCUT2D eigenvalue weighted by Crippen LogP contribution is -2.37. The minimum atomic E-state index is -0.575. The molecule has 0 spiro atoms. The number of amides is 1. The number of aliphatic hydroxyl groups is 1. The van der Waals surface area contributed by atoms with E-state index >= 15 is 0 Å². The molecule has 8 heteroatoms. The zero-order chi connectivity index (χ0) is 21.7. The molecule has 1 amide bonds. The molecule has 0 aliphatic carbocycles. The number of aromatic amines is 1. The number of aromatic nitrogens is 2. The van der Waals surface area contributed by atoms with E-state index in [-0.39, 0.29) is 23.8 Å². The minimum absolute atomic E-state index is 0.0239. The van der Waals surface area contributed by atoms with Crippen molar-refractivity contribution < 1.29 is 14.6 Å². The first-order valence-corrected chi connectivity index (χ1v) is 9.35. The smallest absolute Gasteiger partial charge is 0.238 e. The van der Waals surface area contributed by atoms with Crippen molar-refractivity contribution in [1.29, 1.82) is 5.26 Å². The number of nitrogens with one attached hydrogen (secondary N) is 2. The molecule has 0 unspecified atom stereocenters. The molecule has 0 aliphatic rings. The van der Waals surface area contributed by atoms with Gasteiger partial charge >= 0.3 is 0 Å². The number of benzene rings is 2. The standard InChI is InChI=1S/C22H23N5O3/c1-14(27(2)13-20(28)24-15-8-10-16(30-3)11-9-15)21(29)17(12-23)22-25-18-6-4-5-7-19(18)26-22/h4-11,14,29H,13H2,1-3H3,(H,24,28)(H,25,26)/b21-17-/t14-/m0/s1. The van der Waals surface area contributed by atoms with Crippen molar-refractivity contribution in [2.24, 2.45) is 0 Å². The molecule has 1 atom stereocenters. The lowest BCUT2D eigenvalue weighted by Gasteiger charge is -2.24. The van der Waals surface area contributed by atoms with Crippen molar-refractivity contribution in [3.63, 3.8) is 0 Å². The van der Waals surface area contributed by atoms with Crippen LogP contribution < -0.4 is 10.1 Å². The van der Waals surface area contributed by atoms with Gasteiger partial charge in [-0.3, -0.25) is 9.69 Å². The number of para-hydroxylation sites is 2. The summed E-state index contributed by atoms with van der Waals surface area (Å²) in [4.78, 5) is 21.4. The third kappa shape index (κ3) is 4.59. The van der Waals surface area contributed by atoms with E-state index in [4.69, 9.17) is 4.74 Å². The van der Waals surface area contributed by atoms with Crippen molar-refractivity contribution in [2.75, 3.05) is 26.0 Å². The number of methoxy groups -OCH3 is 1. The van der Waals surface area contributed by atoms with Crippen molar-refractivity contribution in [2.45, 2.75) is 13.0 Å². The van der Waals surface area contributed by atoms with E-state index < -0.39 is 6.04 Å². The van der Waals surface area contributed by atoms with E-state index in [0.717, 1.165) is 5.52 Å². The van der Waals surface area contributed by atoms with Gasteiger partial charge in [0.25, 0.3) is 0 Å². The van der Waals surface area contributed by atoms with Crippen LogP contribution in [0.5, 0.6) is 5.75 Å². The number of anilines is 1. The average molecular weight is 405 g/mol. The van der Waals surface area contributed by atoms with Gasteiger partial charge in [-0.25, -0.2) is 4.98 Å². The summed E-state index contributed by atoms with van der Waals surface area (Å²) in [5.41, 5.74) is 2.16. The van der Waals surface area contributed by atoms with Gasteiger partial charge in [0, 0.05) is 5.69 Å². The lowest BCUT2D eigenvalue weighted by atomic mass is 10.1. The number of imidazole rings is 1. The minimum Gasteiger partial charge on any atom is -0.509 e. The number of ether oxygens (including phenoxy) is 1. The number of fused-ring (bicyclic) bond motifs is 1. The topological polar surface area (TPSA) is 114 Å². The first-order chi connectivity index (χ1) is 14.4. The maximum absolute atomic E-state index is 12.4. The summed E-state index contributed by atoms with van der Waals surface area (Å²) < 4.78 is 5.10. The fourth-order valence-corrected chi connectivity index (χ4v) is 2.96. The molecule has 154 valence electrons. The zero-order valence-corrected chi connectivity index (χ0v) is 17.0. The number of aliphatic hydroxyl groups excluding tert-OH is 1. The fraction of sp³-hybridized carbons (Fsp3) is 0.227. The molecule has 3 N–H and O–H groups in total. The second-order valence-electron chi connectivity index (χ2n) is 6.84. The molecule has 0 aliphatic heterocycles. The second kappa shape index (κ2) is 9.11. The summed E-state index contributed by atoms with van der Waals surface area (Å²) in [7, 11) is 3.27. The summed E-state index contributed by atoms with van der Waals surface area (Å²) >= 11 is 0. The molecular weight excluding hydrogens is 382 g/mol. The van der Waals surface area contributed by atoms with Gasteiger partial charge in [0.05, 0.1) is 30.7 Å². The number of rotatable bonds is 7. The Morgan fingerprint density at radius 1 is 1.30 bits per heavy atom. The second-order valence-corrected chi connectivity index (χ2v) is 6.84. The molecule has 0 radical (unpaired) electrons. The number of nitrogens with zero attached hydrogens (tertiary/aromatic N) is 3. The van der Waals surface area contributed by atoms with Crippen molar-refractivity contribution in [3.8, 4) is 11.8 Å². The van der Waals surface area contributed by atoms with Crippen LogP contribution in [-0.2, 0) is 4.79 Å². The Hall–Kier alpha value is -3.83. The molecule has 0 bridgehead atoms. The number of likely N-dealkylation sites (N-methyl/N-ethyl adjacent to an activating group) is 1. The number of H-pyrrole nitrogens is 1. The van der Waals surface area contributed by atoms with Crippen LogP contribution in [0.2, 0.25) is 0 Å². The average Bonchev–Trinajstić information content (AvgIpc) is 3.17. The molecule has 30 heavy (non-hydrogen) atoms. The van der Waals surface area contributed by atoms with Crippen LogP contribution in [0.4, 0.5) is 5.69 Å². The Morgan fingerprint density at radius 2 is 2.00 bits per heavy atom. The van der Waals surface area contributed by atoms with Gasteiger partial charge in [0.1, 0.15) is 23.2 Å². The largest absolute Gasteiger partial charge is 0.509 e. The highest BCUT2D eigenvalue weighted by molar-refractivity contribution is 5.92. The van der Waals surface area contributed by atoms with Gasteiger partial charge in [0.2, 0.25) is 5.91 Å². The maximum Gasteiger partial charge on any atom is 0.238 e. The van der Waals surface area contributed by atoms with Crippen molar-refractivity contribution in [3.05, 3.63) is 60.1 Å². The molecule has 0 saturated carbocycles. The van der Waals surface area contributed by atoms with E-state index in [9.17, 15) is 15.2 Å². The van der Waals surface area contributed by atoms with Gasteiger partial charge < -0.3 is 20.1 Å². The number of allylic oxidation sites excluding steroid dienone is 1. The Balaban J connectivity index is 1.71. The van der Waals surface area contributed by atoms with Gasteiger partial charge in [-0.2, -0.15) is 5.26 Å². The first-order valence-electron chi connectivity index (χ1n) is 9.35. The summed E-state index contributed by atoms with van der Waals surface area (Å²) in [6.07, 6.45) is 0. The molecule has 3 rings (SSSR count). The van der Waals surface area contributed by atoms with Crippen LogP contribution in [0.15, 0.2) is 54.3 Å². The monoisotopic (exact) mass is 405 g/mol. The molecule has 1 heterocycles. The maximum atomic E-state index is 12.4. The lowest BCUT2D eigenvalue weighted by molar-refractivity contribution is -0.117. The third-order valence-corrected chi connectivity index (χ3v) is 4.82. The quantitative estimate of drug-likeness (QED) is 0.410. The SMILES string of the molecule is COc1ccc(NC(=O)CN(C)[C@@H](C)/C(O)=C(\C#N)c2nc3ccccc3[nH]2)cc1. The van der Waals surface area contributed by atoms with E-state index in [2.05, 4.69) is 15.3 Å². The Morgan fingerprint density at radius 3 is 2.63 bits per heavy atom. The molecule has 1 aromatic heterocycles. The number of carbonyl (C=O) groups excluding carboxylic acids is 1. The summed E-state index contributed by atoms with van der Waals surface area (Å²) in [5, 5.41) is 23.1. The number of hydrogen-bond acceptors (Lipinski definition) is 6. The summed E-state index contributed by atoms with van der Waals surface area (Å²) in [6.45, 7) is 1.74. The predicted octanol–water partition coefficient (Wildman–Crippen LogP) is 3.32. The van der Waals surface area contributed by atoms with E-state index in [1.807, 2.05) is 30.3 Å². The molecule has 0 saturated heterocycles. The van der Waals surface area contributed by atoms with Crippen LogP contribution >= 0.6 is 0 Å². The zero-order valence-electron chi connectivity index (χ0n) is 17.0. The fourth-order valence-electron chi connectivity index (χ4n) is 2.96. The Labute approximate surface area is 174 Å². The van der Waals surface area contributed by atoms with Gasteiger partial charge in [-0.1, -0.05) is 12.1 Å². The van der Waals surface area contributed by atoms with Gasteiger partial charge in [0.15, 0.2) is 5.82 Å². The number of carbonyl (C=O) groups is 1. The normalized spacial score (nSPS) is 12.9. The molecule has 2 aromatic carbocycles. The summed E-state index contributed by atoms with van der Waals surface area (Å²) in [6, 6.07) is 15.8. The van der Waals surface area contributed by atoms with Crippen molar-refractivity contribution >= 4 is 28.2 Å². The third-order valence-electron chi connectivity index (χ3n) is 4.82. The van der Waals surface area contributed by atoms with Gasteiger partial charge in [-0.15, -0.1) is 0 Å². The highest BCUT2D eigenvalue weighted by Crippen LogP contribution is 2.22. The number of hydrogen-bond donors (Lipinski definition) is 3. The Kier molecular flexibility index (Phi) is 6.35. The predicted molar refractivity (Wildman–Crippen MR) is 115 cm³/mol. The van der Waals surface area contributed by atoms with E-state index in [1.165, 1.54) is 0 Å². The van der Waals surface area contributed by atoms with Crippen molar-refractivity contribution in [1.82, 2.24) is 14.9 Å². The highest BCUT2D eigenvalue weighted by atomic mass is 16.5. The summed E-state index contributed by atoms with van der Waals surface area (Å²) in [5.74, 6) is 0.586. The first kappa shape index (κ1) is 20.9. The number of nitriles is 1. The molecule has 8 nitrogen and oxygen atoms in total. The van der Waals surface area contributed by atoms with Crippen LogP contribution in [0, 0.1) is 11.3 Å². The van der Waals surface area contributed by atoms with Crippen LogP contribution in [0.25, 0.3) is 16.6 Å². The van der Waals surface area contributed by atoms with E-state index in [1.54, 1.807) is 50.2 Å². The van der Waals surface area contributed by atoms with Crippen LogP contribution in [0.3, 0.4) is 0 Å². The van der Waals surface area contributed by atoms with Crippen LogP contribution in [-0.4, -0.2) is 52.6 Å². The molecule has 3 aromatic rings. The van der Waals surface area contributed by atoms with Crippen LogP contribution in [0.1, 0.15) is 12.7 Å². The van der Waals surface area contributed by atoms with E-state index in [0.29, 0.717) is 22.8 Å². The molecule has 0 fully saturated rings. The van der Waals surface area contributed by atoms with Gasteiger partial charge in [-0.05, 0) is 50.4 Å². The highest BCUT2D eigenvalue weighted by Gasteiger charge is 2.22. The Bertz CT molecular complexity index is 1080. The molecular formula is C22H23N5O3.